The van der Waals surface area contributed by atoms with Crippen LogP contribution in [0, 0.1) is 13.8 Å². The molecule has 0 radical (unpaired) electrons. The number of aromatic nitrogens is 1. The molecule has 0 bridgehead atoms. The Bertz CT molecular complexity index is 323. The lowest BCUT2D eigenvalue weighted by molar-refractivity contribution is 0.233. The maximum absolute atomic E-state index is 5.73. The number of hydrogen-bond acceptors (Lipinski definition) is 4. The molecule has 1 unspecified atom stereocenters. The molecule has 2 rings (SSSR count). The Labute approximate surface area is 96.8 Å². The van der Waals surface area contributed by atoms with Gasteiger partial charge in [-0.2, -0.15) is 0 Å². The van der Waals surface area contributed by atoms with E-state index in [4.69, 9.17) is 10.3 Å². The van der Waals surface area contributed by atoms with Crippen molar-refractivity contribution in [2.45, 2.75) is 39.2 Å². The van der Waals surface area contributed by atoms with Gasteiger partial charge in [0.05, 0.1) is 5.69 Å². The molecule has 0 aliphatic carbocycles. The van der Waals surface area contributed by atoms with Gasteiger partial charge in [0, 0.05) is 11.6 Å². The average molecular weight is 223 g/mol. The zero-order valence-electron chi connectivity index (χ0n) is 10.2. The van der Waals surface area contributed by atoms with Crippen LogP contribution in [0.2, 0.25) is 0 Å². The number of rotatable bonds is 4. The first-order valence-electron chi connectivity index (χ1n) is 6.11. The van der Waals surface area contributed by atoms with Gasteiger partial charge in [-0.05, 0) is 52.7 Å². The Morgan fingerprint density at radius 1 is 1.38 bits per heavy atom. The number of nitrogens with two attached hydrogens (primary N) is 1. The Morgan fingerprint density at radius 2 is 2.06 bits per heavy atom. The van der Waals surface area contributed by atoms with E-state index in [1.54, 1.807) is 0 Å². The average Bonchev–Trinajstić information content (AvgIpc) is 2.87. The number of likely N-dealkylation sites (tertiary alicyclic amines) is 1. The molecule has 1 aliphatic heterocycles. The largest absolute Gasteiger partial charge is 0.361 e. The van der Waals surface area contributed by atoms with E-state index in [0.717, 1.165) is 17.9 Å². The highest BCUT2D eigenvalue weighted by molar-refractivity contribution is 5.25. The van der Waals surface area contributed by atoms with Crippen molar-refractivity contribution in [1.82, 2.24) is 10.1 Å². The van der Waals surface area contributed by atoms with Crippen LogP contribution in [-0.4, -0.2) is 29.7 Å². The molecule has 1 aromatic rings. The molecule has 2 N–H and O–H groups in total. The Balaban J connectivity index is 2.24. The maximum atomic E-state index is 5.73. The summed E-state index contributed by atoms with van der Waals surface area (Å²) in [5, 5.41) is 4.05. The summed E-state index contributed by atoms with van der Waals surface area (Å²) in [5.41, 5.74) is 8.00. The molecule has 1 aliphatic rings. The molecule has 1 saturated heterocycles. The van der Waals surface area contributed by atoms with E-state index in [1.165, 1.54) is 31.5 Å². The van der Waals surface area contributed by atoms with Crippen LogP contribution >= 0.6 is 0 Å². The molecule has 0 amide bonds. The van der Waals surface area contributed by atoms with Crippen LogP contribution in [0.5, 0.6) is 0 Å². The summed E-state index contributed by atoms with van der Waals surface area (Å²) in [6.07, 6.45) is 3.58. The van der Waals surface area contributed by atoms with Crippen LogP contribution in [0.15, 0.2) is 4.52 Å². The molecule has 1 aromatic heterocycles. The summed E-state index contributed by atoms with van der Waals surface area (Å²) in [6.45, 7) is 7.08. The van der Waals surface area contributed by atoms with Crippen LogP contribution in [-0.2, 0) is 0 Å². The summed E-state index contributed by atoms with van der Waals surface area (Å²) in [6, 6.07) is 0.402. The first-order chi connectivity index (χ1) is 7.74. The molecule has 0 saturated carbocycles. The topological polar surface area (TPSA) is 55.3 Å². The fourth-order valence-electron chi connectivity index (χ4n) is 2.69. The summed E-state index contributed by atoms with van der Waals surface area (Å²) < 4.78 is 5.26. The predicted molar refractivity (Wildman–Crippen MR) is 63.2 cm³/mol. The lowest BCUT2D eigenvalue weighted by Crippen LogP contribution is -2.28. The standard InChI is InChI=1S/C12H21N3O/c1-9-12(10(2)16-14-9)11(5-6-13)15-7-3-4-8-15/h11H,3-8,13H2,1-2H3. The minimum atomic E-state index is 0.402. The monoisotopic (exact) mass is 223 g/mol. The van der Waals surface area contributed by atoms with Gasteiger partial charge < -0.3 is 10.3 Å². The summed E-state index contributed by atoms with van der Waals surface area (Å²) in [5.74, 6) is 0.947. The van der Waals surface area contributed by atoms with E-state index < -0.39 is 0 Å². The molecule has 16 heavy (non-hydrogen) atoms. The van der Waals surface area contributed by atoms with Gasteiger partial charge in [0.1, 0.15) is 5.76 Å². The van der Waals surface area contributed by atoms with Crippen LogP contribution in [0.3, 0.4) is 0 Å². The van der Waals surface area contributed by atoms with Crippen molar-refractivity contribution in [1.29, 1.82) is 0 Å². The van der Waals surface area contributed by atoms with E-state index in [2.05, 4.69) is 10.1 Å². The Morgan fingerprint density at radius 3 is 2.56 bits per heavy atom. The lowest BCUT2D eigenvalue weighted by Gasteiger charge is -2.27. The SMILES string of the molecule is Cc1noc(C)c1C(CCN)N1CCCC1. The zero-order valence-corrected chi connectivity index (χ0v) is 10.2. The molecule has 4 nitrogen and oxygen atoms in total. The number of nitrogens with zero attached hydrogens (tertiary/aromatic N) is 2. The third-order valence-electron chi connectivity index (χ3n) is 3.44. The predicted octanol–water partition coefficient (Wildman–Crippen LogP) is 1.78. The van der Waals surface area contributed by atoms with Gasteiger partial charge in [-0.3, -0.25) is 4.90 Å². The fourth-order valence-corrected chi connectivity index (χ4v) is 2.69. The maximum Gasteiger partial charge on any atom is 0.138 e. The minimum absolute atomic E-state index is 0.402. The van der Waals surface area contributed by atoms with Crippen molar-refractivity contribution in [3.8, 4) is 0 Å². The van der Waals surface area contributed by atoms with E-state index >= 15 is 0 Å². The van der Waals surface area contributed by atoms with Crippen molar-refractivity contribution in [2.24, 2.45) is 5.73 Å². The van der Waals surface area contributed by atoms with Crippen LogP contribution < -0.4 is 5.73 Å². The van der Waals surface area contributed by atoms with Crippen molar-refractivity contribution in [2.75, 3.05) is 19.6 Å². The normalized spacial score (nSPS) is 19.2. The zero-order chi connectivity index (χ0) is 11.5. The molecule has 0 aromatic carbocycles. The molecular weight excluding hydrogens is 202 g/mol. The molecule has 1 atom stereocenters. The second-order valence-electron chi connectivity index (χ2n) is 4.57. The smallest absolute Gasteiger partial charge is 0.138 e. The third-order valence-corrected chi connectivity index (χ3v) is 3.44. The van der Waals surface area contributed by atoms with Gasteiger partial charge in [0.25, 0.3) is 0 Å². The van der Waals surface area contributed by atoms with Gasteiger partial charge in [-0.1, -0.05) is 5.16 Å². The van der Waals surface area contributed by atoms with Crippen molar-refractivity contribution < 1.29 is 4.52 Å². The summed E-state index contributed by atoms with van der Waals surface area (Å²) >= 11 is 0. The highest BCUT2D eigenvalue weighted by Gasteiger charge is 2.27. The lowest BCUT2D eigenvalue weighted by atomic mass is 10.0. The van der Waals surface area contributed by atoms with E-state index in [-0.39, 0.29) is 0 Å². The molecular formula is C12H21N3O. The highest BCUT2D eigenvalue weighted by atomic mass is 16.5. The molecule has 0 spiro atoms. The summed E-state index contributed by atoms with van der Waals surface area (Å²) in [4.78, 5) is 2.51. The minimum Gasteiger partial charge on any atom is -0.361 e. The molecule has 1 fully saturated rings. The third kappa shape index (κ3) is 2.13. The second kappa shape index (κ2) is 4.97. The molecule has 90 valence electrons. The second-order valence-corrected chi connectivity index (χ2v) is 4.57. The van der Waals surface area contributed by atoms with Gasteiger partial charge >= 0.3 is 0 Å². The van der Waals surface area contributed by atoms with Crippen LogP contribution in [0.1, 0.15) is 42.3 Å². The van der Waals surface area contributed by atoms with E-state index in [9.17, 15) is 0 Å². The van der Waals surface area contributed by atoms with Crippen molar-refractivity contribution in [3.63, 3.8) is 0 Å². The quantitative estimate of drug-likeness (QED) is 0.845. The van der Waals surface area contributed by atoms with Gasteiger partial charge in [0.15, 0.2) is 0 Å². The van der Waals surface area contributed by atoms with Crippen molar-refractivity contribution >= 4 is 0 Å². The van der Waals surface area contributed by atoms with Crippen LogP contribution in [0.4, 0.5) is 0 Å². The van der Waals surface area contributed by atoms with E-state index in [1.807, 2.05) is 13.8 Å². The van der Waals surface area contributed by atoms with Gasteiger partial charge in [0.2, 0.25) is 0 Å². The Kier molecular flexibility index (Phi) is 3.61. The fraction of sp³-hybridized carbons (Fsp3) is 0.750. The van der Waals surface area contributed by atoms with Crippen molar-refractivity contribution in [3.05, 3.63) is 17.0 Å². The Hall–Kier alpha value is -0.870. The summed E-state index contributed by atoms with van der Waals surface area (Å²) in [7, 11) is 0. The van der Waals surface area contributed by atoms with E-state index in [0.29, 0.717) is 12.6 Å². The first-order valence-corrected chi connectivity index (χ1v) is 6.11. The number of aryl methyl sites for hydroxylation is 2. The molecule has 4 heteroatoms. The van der Waals surface area contributed by atoms with Crippen LogP contribution in [0.25, 0.3) is 0 Å². The first kappa shape index (κ1) is 11.6. The van der Waals surface area contributed by atoms with Gasteiger partial charge in [-0.25, -0.2) is 0 Å². The highest BCUT2D eigenvalue weighted by Crippen LogP contribution is 2.31. The number of hydrogen-bond donors (Lipinski definition) is 1. The molecule has 2 heterocycles. The van der Waals surface area contributed by atoms with Gasteiger partial charge in [-0.15, -0.1) is 0 Å².